The number of anilines is 1. The van der Waals surface area contributed by atoms with E-state index in [0.29, 0.717) is 37.6 Å². The standard InChI is InChI=1S/C26H18Cl4N2O4S/c1-14-2-5-17(11-19(14)28)31-24(33)13-36-22-7-4-15(8-21(22)30)10-23-25(34)32(26(35)37-23)12-16-3-6-18(27)20(29)9-16/h2-11H,12-13H2,1H3,(H,31,33)/b23-10-. The maximum absolute atomic E-state index is 12.8. The molecule has 3 aromatic rings. The van der Waals surface area contributed by atoms with Crippen molar-refractivity contribution in [3.8, 4) is 5.75 Å². The molecule has 1 saturated heterocycles. The minimum absolute atomic E-state index is 0.0727. The van der Waals surface area contributed by atoms with E-state index >= 15 is 0 Å². The topological polar surface area (TPSA) is 75.7 Å². The van der Waals surface area contributed by atoms with Gasteiger partial charge < -0.3 is 10.1 Å². The van der Waals surface area contributed by atoms with Crippen molar-refractivity contribution in [2.75, 3.05) is 11.9 Å². The van der Waals surface area contributed by atoms with Crippen molar-refractivity contribution >= 4 is 87.0 Å². The van der Waals surface area contributed by atoms with E-state index in [0.717, 1.165) is 22.2 Å². The number of halogens is 4. The molecule has 0 unspecified atom stereocenters. The molecule has 1 heterocycles. The van der Waals surface area contributed by atoms with Crippen molar-refractivity contribution < 1.29 is 19.1 Å². The highest BCUT2D eigenvalue weighted by atomic mass is 35.5. The average Bonchev–Trinajstić information content (AvgIpc) is 3.10. The lowest BCUT2D eigenvalue weighted by Gasteiger charge is -2.13. The Hall–Kier alpha value is -2.68. The second-order valence-corrected chi connectivity index (χ2v) is 10.6. The highest BCUT2D eigenvalue weighted by molar-refractivity contribution is 8.18. The van der Waals surface area contributed by atoms with Crippen molar-refractivity contribution in [3.63, 3.8) is 0 Å². The Kier molecular flexibility index (Phi) is 8.72. The summed E-state index contributed by atoms with van der Waals surface area (Å²) in [5, 5.41) is 3.83. The van der Waals surface area contributed by atoms with Gasteiger partial charge in [0.25, 0.3) is 17.1 Å². The summed E-state index contributed by atoms with van der Waals surface area (Å²) < 4.78 is 5.54. The van der Waals surface area contributed by atoms with E-state index < -0.39 is 11.1 Å². The van der Waals surface area contributed by atoms with Crippen molar-refractivity contribution in [1.82, 2.24) is 4.90 Å². The van der Waals surface area contributed by atoms with E-state index in [1.165, 1.54) is 0 Å². The Morgan fingerprint density at radius 3 is 2.43 bits per heavy atom. The summed E-state index contributed by atoms with van der Waals surface area (Å²) in [6.45, 7) is 1.67. The number of carbonyl (C=O) groups is 3. The van der Waals surface area contributed by atoms with Crippen LogP contribution in [0.2, 0.25) is 20.1 Å². The maximum Gasteiger partial charge on any atom is 0.293 e. The van der Waals surface area contributed by atoms with Crippen molar-refractivity contribution in [2.45, 2.75) is 13.5 Å². The van der Waals surface area contributed by atoms with Gasteiger partial charge in [0.15, 0.2) is 6.61 Å². The van der Waals surface area contributed by atoms with Gasteiger partial charge in [-0.25, -0.2) is 0 Å². The van der Waals surface area contributed by atoms with Crippen LogP contribution in [0.1, 0.15) is 16.7 Å². The second kappa shape index (κ2) is 11.8. The van der Waals surface area contributed by atoms with Gasteiger partial charge in [-0.3, -0.25) is 19.3 Å². The Balaban J connectivity index is 1.38. The number of carbonyl (C=O) groups excluding carboxylic acids is 3. The van der Waals surface area contributed by atoms with Crippen molar-refractivity contribution in [1.29, 1.82) is 0 Å². The van der Waals surface area contributed by atoms with Crippen LogP contribution in [0.4, 0.5) is 10.5 Å². The molecule has 0 spiro atoms. The molecule has 0 bridgehead atoms. The molecule has 37 heavy (non-hydrogen) atoms. The van der Waals surface area contributed by atoms with E-state index in [2.05, 4.69) is 5.32 Å². The molecule has 3 aromatic carbocycles. The number of ether oxygens (including phenoxy) is 1. The number of hydrogen-bond donors (Lipinski definition) is 1. The van der Waals surface area contributed by atoms with Gasteiger partial charge in [0.05, 0.1) is 26.5 Å². The van der Waals surface area contributed by atoms with E-state index in [1.54, 1.807) is 60.7 Å². The molecule has 190 valence electrons. The van der Waals surface area contributed by atoms with Gasteiger partial charge in [-0.15, -0.1) is 0 Å². The number of aryl methyl sites for hydroxylation is 1. The van der Waals surface area contributed by atoms with Gasteiger partial charge in [0.1, 0.15) is 5.75 Å². The van der Waals surface area contributed by atoms with Crippen LogP contribution in [0.25, 0.3) is 6.08 Å². The summed E-state index contributed by atoms with van der Waals surface area (Å²) in [6, 6.07) is 15.0. The molecule has 1 aliphatic heterocycles. The first kappa shape index (κ1) is 27.4. The molecular formula is C26H18Cl4N2O4S. The van der Waals surface area contributed by atoms with Crippen LogP contribution in [-0.2, 0) is 16.1 Å². The summed E-state index contributed by atoms with van der Waals surface area (Å²) >= 11 is 25.2. The number of thioether (sulfide) groups is 1. The van der Waals surface area contributed by atoms with Crippen LogP contribution in [0.3, 0.4) is 0 Å². The fourth-order valence-electron chi connectivity index (χ4n) is 3.34. The van der Waals surface area contributed by atoms with E-state index in [1.807, 2.05) is 6.92 Å². The van der Waals surface area contributed by atoms with E-state index in [9.17, 15) is 14.4 Å². The zero-order valence-corrected chi connectivity index (χ0v) is 23.0. The predicted octanol–water partition coefficient (Wildman–Crippen LogP) is 7.86. The Labute approximate surface area is 237 Å². The lowest BCUT2D eigenvalue weighted by Crippen LogP contribution is -2.27. The third kappa shape index (κ3) is 6.80. The van der Waals surface area contributed by atoms with Crippen LogP contribution in [0.15, 0.2) is 59.5 Å². The number of amides is 3. The minimum Gasteiger partial charge on any atom is -0.482 e. The van der Waals surface area contributed by atoms with Gasteiger partial charge >= 0.3 is 0 Å². The summed E-state index contributed by atoms with van der Waals surface area (Å²) in [4.78, 5) is 38.9. The fraction of sp³-hybridized carbons (Fsp3) is 0.115. The highest BCUT2D eigenvalue weighted by Gasteiger charge is 2.35. The lowest BCUT2D eigenvalue weighted by molar-refractivity contribution is -0.123. The first-order chi connectivity index (χ1) is 17.6. The van der Waals surface area contributed by atoms with Crippen LogP contribution in [0.5, 0.6) is 5.75 Å². The Bertz CT molecular complexity index is 1440. The van der Waals surface area contributed by atoms with Gasteiger partial charge in [-0.1, -0.05) is 64.6 Å². The maximum atomic E-state index is 12.8. The SMILES string of the molecule is Cc1ccc(NC(=O)COc2ccc(/C=C3\SC(=O)N(Cc4ccc(Cl)c(Cl)c4)C3=O)cc2Cl)cc1Cl. The van der Waals surface area contributed by atoms with Crippen LogP contribution in [0, 0.1) is 6.92 Å². The highest BCUT2D eigenvalue weighted by Crippen LogP contribution is 2.35. The molecule has 1 N–H and O–H groups in total. The second-order valence-electron chi connectivity index (χ2n) is 8.01. The molecular weight excluding hydrogens is 578 g/mol. The monoisotopic (exact) mass is 594 g/mol. The molecule has 0 aromatic heterocycles. The summed E-state index contributed by atoms with van der Waals surface area (Å²) in [6.07, 6.45) is 1.57. The van der Waals surface area contributed by atoms with Gasteiger partial charge in [-0.2, -0.15) is 0 Å². The number of imide groups is 1. The summed E-state index contributed by atoms with van der Waals surface area (Å²) in [7, 11) is 0. The van der Waals surface area contributed by atoms with Crippen LogP contribution >= 0.6 is 58.2 Å². The van der Waals surface area contributed by atoms with E-state index in [-0.39, 0.29) is 29.0 Å². The molecule has 6 nitrogen and oxygen atoms in total. The minimum atomic E-state index is -0.426. The smallest absolute Gasteiger partial charge is 0.293 e. The molecule has 0 saturated carbocycles. The van der Waals surface area contributed by atoms with Gasteiger partial charge in [0.2, 0.25) is 0 Å². The number of nitrogens with zero attached hydrogens (tertiary/aromatic N) is 1. The zero-order valence-electron chi connectivity index (χ0n) is 19.2. The normalized spacial score (nSPS) is 14.4. The van der Waals surface area contributed by atoms with Gasteiger partial charge in [-0.05, 0) is 77.9 Å². The van der Waals surface area contributed by atoms with Crippen LogP contribution in [-0.4, -0.2) is 28.6 Å². The molecule has 11 heteroatoms. The molecule has 1 fully saturated rings. The Morgan fingerprint density at radius 2 is 1.73 bits per heavy atom. The molecule has 0 aliphatic carbocycles. The first-order valence-electron chi connectivity index (χ1n) is 10.8. The number of hydrogen-bond acceptors (Lipinski definition) is 5. The number of rotatable bonds is 7. The molecule has 3 amide bonds. The molecule has 0 atom stereocenters. The lowest BCUT2D eigenvalue weighted by atomic mass is 10.2. The third-order valence-electron chi connectivity index (χ3n) is 5.27. The Morgan fingerprint density at radius 1 is 0.946 bits per heavy atom. The van der Waals surface area contributed by atoms with E-state index in [4.69, 9.17) is 51.1 Å². The van der Waals surface area contributed by atoms with Crippen molar-refractivity contribution in [3.05, 3.63) is 96.3 Å². The quantitative estimate of drug-likeness (QED) is 0.281. The summed E-state index contributed by atoms with van der Waals surface area (Å²) in [5.74, 6) is -0.509. The molecule has 0 radical (unpaired) electrons. The molecule has 4 rings (SSSR count). The first-order valence-corrected chi connectivity index (χ1v) is 13.1. The largest absolute Gasteiger partial charge is 0.482 e. The summed E-state index contributed by atoms with van der Waals surface area (Å²) in [5.41, 5.74) is 2.73. The number of nitrogens with one attached hydrogen (secondary N) is 1. The van der Waals surface area contributed by atoms with Crippen LogP contribution < -0.4 is 10.1 Å². The number of benzene rings is 3. The zero-order chi connectivity index (χ0) is 26.7. The third-order valence-corrected chi connectivity index (χ3v) is 7.62. The average molecular weight is 596 g/mol. The predicted molar refractivity (Wildman–Crippen MR) is 150 cm³/mol. The molecule has 1 aliphatic rings. The fourth-order valence-corrected chi connectivity index (χ4v) is 4.93. The van der Waals surface area contributed by atoms with Crippen molar-refractivity contribution in [2.24, 2.45) is 0 Å². The van der Waals surface area contributed by atoms with Gasteiger partial charge in [0, 0.05) is 10.7 Å².